The molecule has 3 aromatic rings. The molecule has 2 heterocycles. The van der Waals surface area contributed by atoms with Gasteiger partial charge < -0.3 is 4.98 Å². The van der Waals surface area contributed by atoms with Crippen LogP contribution in [-0.2, 0) is 0 Å². The number of nitrogens with one attached hydrogen (secondary N) is 1. The smallest absolute Gasteiger partial charge is 0.0475 e. The van der Waals surface area contributed by atoms with Crippen molar-refractivity contribution in [2.24, 2.45) is 0 Å². The maximum absolute atomic E-state index is 6.09. The molecule has 0 aliphatic heterocycles. The van der Waals surface area contributed by atoms with Gasteiger partial charge >= 0.3 is 0 Å². The first kappa shape index (κ1) is 9.43. The first-order valence-electron chi connectivity index (χ1n) is 5.01. The quantitative estimate of drug-likeness (QED) is 0.673. The van der Waals surface area contributed by atoms with E-state index in [4.69, 9.17) is 11.6 Å². The zero-order valence-corrected chi connectivity index (χ0v) is 9.20. The molecule has 3 heteroatoms. The summed E-state index contributed by atoms with van der Waals surface area (Å²) < 4.78 is 0. The lowest BCUT2D eigenvalue weighted by Crippen LogP contribution is -1.81. The van der Waals surface area contributed by atoms with Crippen LogP contribution in [0.4, 0.5) is 0 Å². The molecule has 0 spiro atoms. The lowest BCUT2D eigenvalue weighted by Gasteiger charge is -2.04. The molecule has 0 atom stereocenters. The number of H-pyrrole nitrogens is 1. The third kappa shape index (κ3) is 1.48. The van der Waals surface area contributed by atoms with Gasteiger partial charge in [-0.2, -0.15) is 0 Å². The largest absolute Gasteiger partial charge is 0.361 e. The van der Waals surface area contributed by atoms with Crippen LogP contribution in [-0.4, -0.2) is 9.97 Å². The molecule has 1 aromatic carbocycles. The summed E-state index contributed by atoms with van der Waals surface area (Å²) in [5.41, 5.74) is 3.23. The van der Waals surface area contributed by atoms with Gasteiger partial charge in [0.15, 0.2) is 0 Å². The van der Waals surface area contributed by atoms with Crippen LogP contribution in [0, 0.1) is 0 Å². The molecule has 3 rings (SSSR count). The number of rotatable bonds is 1. The molecular weight excluding hydrogens is 220 g/mol. The Morgan fingerprint density at radius 3 is 2.94 bits per heavy atom. The predicted molar refractivity (Wildman–Crippen MR) is 66.5 cm³/mol. The van der Waals surface area contributed by atoms with Crippen molar-refractivity contribution in [2.75, 3.05) is 0 Å². The van der Waals surface area contributed by atoms with E-state index in [0.29, 0.717) is 0 Å². The Morgan fingerprint density at radius 1 is 1.19 bits per heavy atom. The second-order valence-electron chi connectivity index (χ2n) is 3.63. The summed E-state index contributed by atoms with van der Waals surface area (Å²) in [7, 11) is 0. The van der Waals surface area contributed by atoms with Crippen molar-refractivity contribution in [3.05, 3.63) is 53.9 Å². The van der Waals surface area contributed by atoms with Crippen LogP contribution in [0.5, 0.6) is 0 Å². The Bertz CT molecular complexity index is 629. The third-order valence-electron chi connectivity index (χ3n) is 2.61. The number of aromatic nitrogens is 2. The highest BCUT2D eigenvalue weighted by Gasteiger charge is 2.06. The monoisotopic (exact) mass is 228 g/mol. The lowest BCUT2D eigenvalue weighted by atomic mass is 10.0. The number of hydrogen-bond donors (Lipinski definition) is 1. The van der Waals surface area contributed by atoms with Gasteiger partial charge in [0.25, 0.3) is 0 Å². The minimum atomic E-state index is 0.730. The van der Waals surface area contributed by atoms with E-state index in [1.807, 2.05) is 42.7 Å². The molecule has 0 saturated carbocycles. The van der Waals surface area contributed by atoms with Gasteiger partial charge in [-0.25, -0.2) is 0 Å². The fraction of sp³-hybridized carbons (Fsp3) is 0. The molecule has 0 radical (unpaired) electrons. The topological polar surface area (TPSA) is 28.7 Å². The maximum atomic E-state index is 6.09. The molecule has 78 valence electrons. The summed E-state index contributed by atoms with van der Waals surface area (Å²) in [5, 5.41) is 1.89. The number of pyridine rings is 1. The molecule has 2 nitrogen and oxygen atoms in total. The van der Waals surface area contributed by atoms with Crippen LogP contribution in [0.25, 0.3) is 22.0 Å². The Morgan fingerprint density at radius 2 is 2.12 bits per heavy atom. The molecule has 2 aromatic heterocycles. The van der Waals surface area contributed by atoms with Gasteiger partial charge in [-0.3, -0.25) is 4.98 Å². The van der Waals surface area contributed by atoms with Crippen molar-refractivity contribution < 1.29 is 0 Å². The van der Waals surface area contributed by atoms with Gasteiger partial charge in [-0.15, -0.1) is 0 Å². The van der Waals surface area contributed by atoms with E-state index in [-0.39, 0.29) is 0 Å². The standard InChI is InChI=1S/C13H9ClN2/c14-10-6-12(9-2-1-4-15-8-9)11-3-5-16-13(11)7-10/h1-8,16H. The lowest BCUT2D eigenvalue weighted by molar-refractivity contribution is 1.33. The first-order valence-corrected chi connectivity index (χ1v) is 5.39. The number of hydrogen-bond acceptors (Lipinski definition) is 1. The normalized spacial score (nSPS) is 10.8. The van der Waals surface area contributed by atoms with Crippen molar-refractivity contribution in [2.45, 2.75) is 0 Å². The molecule has 0 unspecified atom stereocenters. The number of nitrogens with zero attached hydrogens (tertiary/aromatic N) is 1. The highest BCUT2D eigenvalue weighted by atomic mass is 35.5. The highest BCUT2D eigenvalue weighted by Crippen LogP contribution is 2.30. The third-order valence-corrected chi connectivity index (χ3v) is 2.82. The van der Waals surface area contributed by atoms with Gasteiger partial charge in [0, 0.05) is 40.1 Å². The summed E-state index contributed by atoms with van der Waals surface area (Å²) in [5.74, 6) is 0. The molecule has 0 saturated heterocycles. The van der Waals surface area contributed by atoms with Gasteiger partial charge in [0.1, 0.15) is 0 Å². The molecule has 16 heavy (non-hydrogen) atoms. The fourth-order valence-electron chi connectivity index (χ4n) is 1.89. The summed E-state index contributed by atoms with van der Waals surface area (Å²) in [6.07, 6.45) is 5.53. The molecule has 0 fully saturated rings. The van der Waals surface area contributed by atoms with E-state index in [9.17, 15) is 0 Å². The van der Waals surface area contributed by atoms with E-state index in [0.717, 1.165) is 27.1 Å². The Hall–Kier alpha value is -1.80. The summed E-state index contributed by atoms with van der Waals surface area (Å²) in [6.45, 7) is 0. The van der Waals surface area contributed by atoms with E-state index >= 15 is 0 Å². The maximum Gasteiger partial charge on any atom is 0.0475 e. The van der Waals surface area contributed by atoms with Crippen LogP contribution in [0.3, 0.4) is 0 Å². The van der Waals surface area contributed by atoms with Crippen LogP contribution in [0.2, 0.25) is 5.02 Å². The Kier molecular flexibility index (Phi) is 2.15. The highest BCUT2D eigenvalue weighted by molar-refractivity contribution is 6.31. The molecule has 0 bridgehead atoms. The van der Waals surface area contributed by atoms with Crippen molar-refractivity contribution >= 4 is 22.5 Å². The minimum Gasteiger partial charge on any atom is -0.361 e. The average molecular weight is 229 g/mol. The van der Waals surface area contributed by atoms with Crippen LogP contribution < -0.4 is 0 Å². The summed E-state index contributed by atoms with van der Waals surface area (Å²) >= 11 is 6.09. The second kappa shape index (κ2) is 3.65. The van der Waals surface area contributed by atoms with Crippen molar-refractivity contribution in [1.29, 1.82) is 0 Å². The Balaban J connectivity index is 2.34. The second-order valence-corrected chi connectivity index (χ2v) is 4.07. The van der Waals surface area contributed by atoms with Crippen LogP contribution in [0.1, 0.15) is 0 Å². The minimum absolute atomic E-state index is 0.730. The summed E-state index contributed by atoms with van der Waals surface area (Å²) in [6, 6.07) is 9.90. The van der Waals surface area contributed by atoms with E-state index in [1.54, 1.807) is 6.20 Å². The van der Waals surface area contributed by atoms with Crippen molar-refractivity contribution in [3.63, 3.8) is 0 Å². The molecule has 0 amide bonds. The van der Waals surface area contributed by atoms with Gasteiger partial charge in [-0.05, 0) is 29.8 Å². The van der Waals surface area contributed by atoms with Gasteiger partial charge in [-0.1, -0.05) is 17.7 Å². The molecular formula is C13H9ClN2. The van der Waals surface area contributed by atoms with E-state index in [2.05, 4.69) is 9.97 Å². The molecule has 1 N–H and O–H groups in total. The van der Waals surface area contributed by atoms with Gasteiger partial charge in [0.05, 0.1) is 0 Å². The summed E-state index contributed by atoms with van der Waals surface area (Å²) in [4.78, 5) is 7.29. The average Bonchev–Trinajstić information content (AvgIpc) is 2.77. The van der Waals surface area contributed by atoms with Crippen molar-refractivity contribution in [1.82, 2.24) is 9.97 Å². The van der Waals surface area contributed by atoms with E-state index < -0.39 is 0 Å². The zero-order valence-electron chi connectivity index (χ0n) is 8.44. The Labute approximate surface area is 97.9 Å². The molecule has 0 aliphatic rings. The first-order chi connectivity index (χ1) is 7.84. The number of halogens is 1. The fourth-order valence-corrected chi connectivity index (χ4v) is 2.11. The van der Waals surface area contributed by atoms with Gasteiger partial charge in [0.2, 0.25) is 0 Å². The van der Waals surface area contributed by atoms with Crippen LogP contribution >= 0.6 is 11.6 Å². The number of fused-ring (bicyclic) bond motifs is 1. The number of aromatic amines is 1. The van der Waals surface area contributed by atoms with Crippen molar-refractivity contribution in [3.8, 4) is 11.1 Å². The number of benzene rings is 1. The van der Waals surface area contributed by atoms with E-state index in [1.165, 1.54) is 0 Å². The SMILES string of the molecule is Clc1cc(-c2cccnc2)c2cc[nH]c2c1. The molecule has 0 aliphatic carbocycles. The predicted octanol–water partition coefficient (Wildman–Crippen LogP) is 3.88. The van der Waals surface area contributed by atoms with Crippen LogP contribution in [0.15, 0.2) is 48.9 Å². The zero-order chi connectivity index (χ0) is 11.0.